The molecule has 2 heterocycles. The Bertz CT molecular complexity index is 514. The monoisotopic (exact) mass is 232 g/mol. The third kappa shape index (κ3) is 2.02. The number of H-pyrrole nitrogens is 1. The van der Waals surface area contributed by atoms with Gasteiger partial charge in [-0.05, 0) is 18.8 Å². The molecular weight excluding hydrogens is 216 g/mol. The lowest BCUT2D eigenvalue weighted by atomic mass is 10.1. The Labute approximate surface area is 99.0 Å². The van der Waals surface area contributed by atoms with Crippen molar-refractivity contribution in [2.75, 3.05) is 17.6 Å². The van der Waals surface area contributed by atoms with Crippen molar-refractivity contribution in [3.05, 3.63) is 6.20 Å². The molecule has 0 saturated heterocycles. The number of rotatable bonds is 3. The number of nitrogen functional groups attached to an aromatic ring is 1. The Balaban J connectivity index is 1.81. The molecular formula is C11H16N6. The maximum Gasteiger partial charge on any atom is 0.224 e. The molecule has 0 unspecified atom stereocenters. The van der Waals surface area contributed by atoms with E-state index in [1.165, 1.54) is 25.7 Å². The average molecular weight is 232 g/mol. The van der Waals surface area contributed by atoms with Gasteiger partial charge in [0.1, 0.15) is 5.82 Å². The van der Waals surface area contributed by atoms with E-state index in [0.717, 1.165) is 23.7 Å². The summed E-state index contributed by atoms with van der Waals surface area (Å²) in [6.07, 6.45) is 7.04. The van der Waals surface area contributed by atoms with Gasteiger partial charge in [0, 0.05) is 6.54 Å². The highest BCUT2D eigenvalue weighted by Gasteiger charge is 2.15. The van der Waals surface area contributed by atoms with Gasteiger partial charge < -0.3 is 11.1 Å². The van der Waals surface area contributed by atoms with Gasteiger partial charge in [-0.15, -0.1) is 0 Å². The molecule has 0 spiro atoms. The van der Waals surface area contributed by atoms with Gasteiger partial charge in [-0.2, -0.15) is 15.1 Å². The fraction of sp³-hybridized carbons (Fsp3) is 0.545. The van der Waals surface area contributed by atoms with Crippen LogP contribution in [-0.2, 0) is 0 Å². The van der Waals surface area contributed by atoms with Gasteiger partial charge >= 0.3 is 0 Å². The van der Waals surface area contributed by atoms with Crippen molar-refractivity contribution in [2.24, 2.45) is 5.92 Å². The van der Waals surface area contributed by atoms with E-state index in [1.54, 1.807) is 6.20 Å². The molecule has 4 N–H and O–H groups in total. The van der Waals surface area contributed by atoms with Crippen LogP contribution in [0.4, 0.5) is 11.8 Å². The summed E-state index contributed by atoms with van der Waals surface area (Å²) in [5, 5.41) is 11.0. The van der Waals surface area contributed by atoms with E-state index in [-0.39, 0.29) is 5.95 Å². The van der Waals surface area contributed by atoms with Crippen LogP contribution < -0.4 is 11.1 Å². The lowest BCUT2D eigenvalue weighted by Crippen LogP contribution is -2.13. The Kier molecular flexibility index (Phi) is 2.55. The molecule has 2 aromatic rings. The van der Waals surface area contributed by atoms with Crippen LogP contribution in [0.25, 0.3) is 11.0 Å². The predicted molar refractivity (Wildman–Crippen MR) is 66.5 cm³/mol. The van der Waals surface area contributed by atoms with Gasteiger partial charge in [0.15, 0.2) is 5.65 Å². The molecule has 1 aliphatic rings. The second kappa shape index (κ2) is 4.20. The van der Waals surface area contributed by atoms with Gasteiger partial charge in [0.25, 0.3) is 0 Å². The van der Waals surface area contributed by atoms with Crippen LogP contribution in [0.1, 0.15) is 25.7 Å². The van der Waals surface area contributed by atoms with E-state index in [0.29, 0.717) is 5.65 Å². The molecule has 0 amide bonds. The van der Waals surface area contributed by atoms with E-state index in [4.69, 9.17) is 5.73 Å². The third-order valence-corrected chi connectivity index (χ3v) is 3.36. The highest BCUT2D eigenvalue weighted by Crippen LogP contribution is 2.26. The van der Waals surface area contributed by atoms with Crippen LogP contribution in [0.3, 0.4) is 0 Å². The largest absolute Gasteiger partial charge is 0.369 e. The SMILES string of the molecule is Nc1nc(NCC2CCCC2)c2cn[nH]c2n1. The number of nitrogens with zero attached hydrogens (tertiary/aromatic N) is 3. The molecule has 6 heteroatoms. The number of anilines is 2. The molecule has 0 radical (unpaired) electrons. The fourth-order valence-corrected chi connectivity index (χ4v) is 2.44. The Morgan fingerprint density at radius 2 is 2.18 bits per heavy atom. The lowest BCUT2D eigenvalue weighted by molar-refractivity contribution is 0.579. The summed E-state index contributed by atoms with van der Waals surface area (Å²) in [6.45, 7) is 0.955. The molecule has 0 aromatic carbocycles. The molecule has 1 fully saturated rings. The smallest absolute Gasteiger partial charge is 0.224 e. The Morgan fingerprint density at radius 1 is 1.35 bits per heavy atom. The molecule has 0 aliphatic heterocycles. The van der Waals surface area contributed by atoms with E-state index >= 15 is 0 Å². The summed E-state index contributed by atoms with van der Waals surface area (Å²) in [5.41, 5.74) is 6.34. The van der Waals surface area contributed by atoms with Crippen LogP contribution in [0.2, 0.25) is 0 Å². The molecule has 90 valence electrons. The first-order valence-corrected chi connectivity index (χ1v) is 6.03. The first-order chi connectivity index (χ1) is 8.33. The Morgan fingerprint density at radius 3 is 3.00 bits per heavy atom. The fourth-order valence-electron chi connectivity index (χ4n) is 2.44. The minimum Gasteiger partial charge on any atom is -0.369 e. The van der Waals surface area contributed by atoms with Crippen molar-refractivity contribution in [3.63, 3.8) is 0 Å². The van der Waals surface area contributed by atoms with Crippen molar-refractivity contribution >= 4 is 22.8 Å². The number of aromatic amines is 1. The lowest BCUT2D eigenvalue weighted by Gasteiger charge is -2.11. The van der Waals surface area contributed by atoms with Gasteiger partial charge in [0.2, 0.25) is 5.95 Å². The average Bonchev–Trinajstić information content (AvgIpc) is 2.95. The summed E-state index contributed by atoms with van der Waals surface area (Å²) < 4.78 is 0. The van der Waals surface area contributed by atoms with E-state index in [9.17, 15) is 0 Å². The van der Waals surface area contributed by atoms with Crippen molar-refractivity contribution in [2.45, 2.75) is 25.7 Å². The molecule has 1 aliphatic carbocycles. The van der Waals surface area contributed by atoms with Crippen LogP contribution in [0.15, 0.2) is 6.20 Å². The molecule has 3 rings (SSSR count). The minimum absolute atomic E-state index is 0.274. The van der Waals surface area contributed by atoms with E-state index in [2.05, 4.69) is 25.5 Å². The van der Waals surface area contributed by atoms with Gasteiger partial charge in [-0.25, -0.2) is 0 Å². The first kappa shape index (κ1) is 10.3. The second-order valence-corrected chi connectivity index (χ2v) is 4.59. The first-order valence-electron chi connectivity index (χ1n) is 6.03. The zero-order valence-electron chi connectivity index (χ0n) is 9.61. The van der Waals surface area contributed by atoms with Gasteiger partial charge in [-0.3, -0.25) is 5.10 Å². The number of hydrogen-bond acceptors (Lipinski definition) is 5. The minimum atomic E-state index is 0.274. The predicted octanol–water partition coefficient (Wildman–Crippen LogP) is 1.54. The maximum atomic E-state index is 5.66. The van der Waals surface area contributed by atoms with Gasteiger partial charge in [-0.1, -0.05) is 12.8 Å². The second-order valence-electron chi connectivity index (χ2n) is 4.59. The summed E-state index contributed by atoms with van der Waals surface area (Å²) in [4.78, 5) is 8.31. The van der Waals surface area contributed by atoms with Crippen molar-refractivity contribution in [1.29, 1.82) is 0 Å². The van der Waals surface area contributed by atoms with Crippen molar-refractivity contribution in [1.82, 2.24) is 20.2 Å². The zero-order chi connectivity index (χ0) is 11.7. The number of hydrogen-bond donors (Lipinski definition) is 3. The number of fused-ring (bicyclic) bond motifs is 1. The van der Waals surface area contributed by atoms with Crippen LogP contribution in [0.5, 0.6) is 0 Å². The molecule has 0 bridgehead atoms. The highest BCUT2D eigenvalue weighted by molar-refractivity contribution is 5.86. The summed E-state index contributed by atoms with van der Waals surface area (Å²) in [5.74, 6) is 1.82. The topological polar surface area (TPSA) is 92.5 Å². The molecule has 17 heavy (non-hydrogen) atoms. The standard InChI is InChI=1S/C11H16N6/c12-11-15-9(8-6-14-17-10(8)16-11)13-5-7-3-1-2-4-7/h6-7H,1-5H2,(H4,12,13,14,15,16,17). The van der Waals surface area contributed by atoms with E-state index in [1.807, 2.05) is 0 Å². The third-order valence-electron chi connectivity index (χ3n) is 3.36. The molecule has 2 aromatic heterocycles. The Hall–Kier alpha value is -1.85. The normalized spacial score (nSPS) is 16.7. The summed E-state index contributed by atoms with van der Waals surface area (Å²) in [6, 6.07) is 0. The quantitative estimate of drug-likeness (QED) is 0.746. The van der Waals surface area contributed by atoms with Crippen LogP contribution >= 0.6 is 0 Å². The molecule has 0 atom stereocenters. The number of aromatic nitrogens is 4. The number of nitrogens with two attached hydrogens (primary N) is 1. The number of nitrogens with one attached hydrogen (secondary N) is 2. The summed E-state index contributed by atoms with van der Waals surface area (Å²) >= 11 is 0. The van der Waals surface area contributed by atoms with Crippen LogP contribution in [0, 0.1) is 5.92 Å². The van der Waals surface area contributed by atoms with Crippen molar-refractivity contribution in [3.8, 4) is 0 Å². The van der Waals surface area contributed by atoms with Crippen molar-refractivity contribution < 1.29 is 0 Å². The zero-order valence-corrected chi connectivity index (χ0v) is 9.61. The molecule has 6 nitrogen and oxygen atoms in total. The van der Waals surface area contributed by atoms with Crippen LogP contribution in [-0.4, -0.2) is 26.7 Å². The summed E-state index contributed by atoms with van der Waals surface area (Å²) in [7, 11) is 0. The maximum absolute atomic E-state index is 5.66. The van der Waals surface area contributed by atoms with Gasteiger partial charge in [0.05, 0.1) is 11.6 Å². The van der Waals surface area contributed by atoms with E-state index < -0.39 is 0 Å². The highest BCUT2D eigenvalue weighted by atomic mass is 15.2. The molecule has 1 saturated carbocycles.